The van der Waals surface area contributed by atoms with Crippen LogP contribution >= 0.6 is 23.1 Å². The normalized spacial score (nSPS) is 10.9. The molecule has 0 saturated carbocycles. The summed E-state index contributed by atoms with van der Waals surface area (Å²) in [6.45, 7) is 0. The third-order valence-electron chi connectivity index (χ3n) is 2.84. The Kier molecular flexibility index (Phi) is 3.76. The molecule has 3 aromatic rings. The van der Waals surface area contributed by atoms with Crippen molar-refractivity contribution in [2.45, 2.75) is 5.16 Å². The first-order valence-corrected chi connectivity index (χ1v) is 7.93. The topological polar surface area (TPSA) is 83.0 Å². The summed E-state index contributed by atoms with van der Waals surface area (Å²) in [6.07, 6.45) is 0. The van der Waals surface area contributed by atoms with E-state index in [9.17, 15) is 9.59 Å². The molecule has 0 spiro atoms. The molecule has 0 aliphatic carbocycles. The van der Waals surface area contributed by atoms with Crippen molar-refractivity contribution in [1.29, 1.82) is 0 Å². The van der Waals surface area contributed by atoms with Crippen LogP contribution in [0.15, 0.2) is 45.7 Å². The van der Waals surface area contributed by atoms with E-state index >= 15 is 0 Å². The first-order chi connectivity index (χ1) is 10.1. The molecular formula is C14H10N2O3S2. The van der Waals surface area contributed by atoms with Gasteiger partial charge in [-0.2, -0.15) is 0 Å². The summed E-state index contributed by atoms with van der Waals surface area (Å²) in [6, 6.07) is 9.62. The number of hydrogen-bond donors (Lipinski definition) is 2. The zero-order chi connectivity index (χ0) is 14.8. The van der Waals surface area contributed by atoms with Gasteiger partial charge in [0.05, 0.1) is 11.1 Å². The molecule has 21 heavy (non-hydrogen) atoms. The summed E-state index contributed by atoms with van der Waals surface area (Å²) >= 11 is 2.38. The van der Waals surface area contributed by atoms with Crippen molar-refractivity contribution in [3.8, 4) is 11.1 Å². The van der Waals surface area contributed by atoms with E-state index in [1.165, 1.54) is 11.3 Å². The van der Waals surface area contributed by atoms with Crippen molar-refractivity contribution >= 4 is 39.3 Å². The van der Waals surface area contributed by atoms with Crippen LogP contribution in [0.1, 0.15) is 0 Å². The molecule has 0 saturated heterocycles. The van der Waals surface area contributed by atoms with Gasteiger partial charge in [-0.15, -0.1) is 11.3 Å². The van der Waals surface area contributed by atoms with E-state index in [1.807, 2.05) is 35.7 Å². The van der Waals surface area contributed by atoms with Gasteiger partial charge in [0.25, 0.3) is 5.56 Å². The Labute approximate surface area is 127 Å². The van der Waals surface area contributed by atoms with Crippen LogP contribution in [0.5, 0.6) is 0 Å². The first kappa shape index (κ1) is 13.8. The standard InChI is InChI=1S/C14H10N2O3S2/c17-10(18)7-21-14-15-12(19)11-9(6-20-13(11)16-14)8-4-2-1-3-5-8/h1-6H,7H2,(H,17,18)(H,15,16,19). The van der Waals surface area contributed by atoms with Crippen LogP contribution in [0.4, 0.5) is 0 Å². The number of hydrogen-bond acceptors (Lipinski definition) is 5. The maximum Gasteiger partial charge on any atom is 0.313 e. The van der Waals surface area contributed by atoms with Crippen LogP contribution in [-0.2, 0) is 4.79 Å². The number of thiophene rings is 1. The summed E-state index contributed by atoms with van der Waals surface area (Å²) in [4.78, 5) is 30.4. The maximum atomic E-state index is 12.2. The largest absolute Gasteiger partial charge is 0.481 e. The summed E-state index contributed by atoms with van der Waals surface area (Å²) in [7, 11) is 0. The minimum atomic E-state index is -0.945. The Hall–Kier alpha value is -2.12. The Balaban J connectivity index is 2.07. The van der Waals surface area contributed by atoms with Gasteiger partial charge >= 0.3 is 5.97 Å². The molecule has 0 aliphatic heterocycles. The van der Waals surface area contributed by atoms with Gasteiger partial charge in [0, 0.05) is 10.9 Å². The molecule has 3 rings (SSSR count). The van der Waals surface area contributed by atoms with Crippen molar-refractivity contribution in [2.75, 3.05) is 5.75 Å². The molecule has 0 fully saturated rings. The molecule has 0 aliphatic rings. The molecule has 2 aromatic heterocycles. The number of carboxylic acids is 1. The number of benzene rings is 1. The van der Waals surface area contributed by atoms with Gasteiger partial charge in [-0.1, -0.05) is 42.1 Å². The smallest absolute Gasteiger partial charge is 0.313 e. The Morgan fingerprint density at radius 2 is 2.10 bits per heavy atom. The predicted molar refractivity (Wildman–Crippen MR) is 84.0 cm³/mol. The number of carboxylic acid groups (broad SMARTS) is 1. The summed E-state index contributed by atoms with van der Waals surface area (Å²) < 4.78 is 0. The van der Waals surface area contributed by atoms with Crippen molar-refractivity contribution in [3.05, 3.63) is 46.1 Å². The summed E-state index contributed by atoms with van der Waals surface area (Å²) in [5.41, 5.74) is 1.56. The molecule has 0 atom stereocenters. The van der Waals surface area contributed by atoms with Gasteiger partial charge in [0.15, 0.2) is 5.16 Å². The van der Waals surface area contributed by atoms with Gasteiger partial charge < -0.3 is 10.1 Å². The maximum absolute atomic E-state index is 12.2. The Bertz CT molecular complexity index is 856. The average Bonchev–Trinajstić information content (AvgIpc) is 2.90. The van der Waals surface area contributed by atoms with Gasteiger partial charge in [0.1, 0.15) is 4.83 Å². The van der Waals surface area contributed by atoms with Crippen LogP contribution in [0.2, 0.25) is 0 Å². The monoisotopic (exact) mass is 318 g/mol. The molecule has 2 heterocycles. The zero-order valence-corrected chi connectivity index (χ0v) is 12.3. The third kappa shape index (κ3) is 2.84. The molecule has 0 unspecified atom stereocenters. The SMILES string of the molecule is O=C(O)CSc1nc2scc(-c3ccccc3)c2c(=O)[nH]1. The fourth-order valence-corrected chi connectivity index (χ4v) is 3.54. The fraction of sp³-hybridized carbons (Fsp3) is 0.0714. The molecule has 2 N–H and O–H groups in total. The minimum absolute atomic E-state index is 0.134. The van der Waals surface area contributed by atoms with E-state index < -0.39 is 5.97 Å². The number of fused-ring (bicyclic) bond motifs is 1. The lowest BCUT2D eigenvalue weighted by molar-refractivity contribution is -0.133. The van der Waals surface area contributed by atoms with Crippen molar-refractivity contribution < 1.29 is 9.90 Å². The lowest BCUT2D eigenvalue weighted by Gasteiger charge is -2.00. The number of H-pyrrole nitrogens is 1. The molecule has 106 valence electrons. The second kappa shape index (κ2) is 5.71. The van der Waals surface area contributed by atoms with Crippen LogP contribution in [0.3, 0.4) is 0 Å². The van der Waals surface area contributed by atoms with Crippen LogP contribution in [0.25, 0.3) is 21.3 Å². The van der Waals surface area contributed by atoms with E-state index in [0.717, 1.165) is 22.9 Å². The molecule has 0 bridgehead atoms. The number of nitrogens with one attached hydrogen (secondary N) is 1. The number of thioether (sulfide) groups is 1. The third-order valence-corrected chi connectivity index (χ3v) is 4.57. The lowest BCUT2D eigenvalue weighted by Crippen LogP contribution is -2.09. The average molecular weight is 318 g/mol. The highest BCUT2D eigenvalue weighted by molar-refractivity contribution is 7.99. The van der Waals surface area contributed by atoms with E-state index in [1.54, 1.807) is 0 Å². The summed E-state index contributed by atoms with van der Waals surface area (Å²) in [5.74, 6) is -1.08. The van der Waals surface area contributed by atoms with E-state index in [4.69, 9.17) is 5.11 Å². The van der Waals surface area contributed by atoms with Crippen LogP contribution in [0, 0.1) is 0 Å². The van der Waals surface area contributed by atoms with Gasteiger partial charge in [0.2, 0.25) is 0 Å². The van der Waals surface area contributed by atoms with Crippen molar-refractivity contribution in [1.82, 2.24) is 9.97 Å². The number of aromatic nitrogens is 2. The quantitative estimate of drug-likeness (QED) is 0.571. The number of rotatable bonds is 4. The predicted octanol–water partition coefficient (Wildman–Crippen LogP) is 2.83. The number of carbonyl (C=O) groups is 1. The number of aromatic amines is 1. The highest BCUT2D eigenvalue weighted by Crippen LogP contribution is 2.31. The Morgan fingerprint density at radius 1 is 1.33 bits per heavy atom. The lowest BCUT2D eigenvalue weighted by atomic mass is 10.1. The van der Waals surface area contributed by atoms with E-state index in [-0.39, 0.29) is 11.3 Å². The number of aliphatic carboxylic acids is 1. The van der Waals surface area contributed by atoms with Crippen LogP contribution < -0.4 is 5.56 Å². The molecule has 0 amide bonds. The highest BCUT2D eigenvalue weighted by Gasteiger charge is 2.13. The fourth-order valence-electron chi connectivity index (χ4n) is 1.96. The minimum Gasteiger partial charge on any atom is -0.481 e. The Morgan fingerprint density at radius 3 is 2.81 bits per heavy atom. The molecule has 7 heteroatoms. The van der Waals surface area contributed by atoms with E-state index in [0.29, 0.717) is 15.4 Å². The molecule has 1 aromatic carbocycles. The first-order valence-electron chi connectivity index (χ1n) is 6.06. The number of nitrogens with zero attached hydrogens (tertiary/aromatic N) is 1. The molecule has 5 nitrogen and oxygen atoms in total. The highest BCUT2D eigenvalue weighted by atomic mass is 32.2. The van der Waals surface area contributed by atoms with Gasteiger partial charge in [-0.25, -0.2) is 4.98 Å². The summed E-state index contributed by atoms with van der Waals surface area (Å²) in [5, 5.41) is 11.4. The molecule has 0 radical (unpaired) electrons. The van der Waals surface area contributed by atoms with E-state index in [2.05, 4.69) is 9.97 Å². The molecular weight excluding hydrogens is 308 g/mol. The van der Waals surface area contributed by atoms with Gasteiger partial charge in [-0.3, -0.25) is 9.59 Å². The van der Waals surface area contributed by atoms with Crippen molar-refractivity contribution in [3.63, 3.8) is 0 Å². The van der Waals surface area contributed by atoms with Gasteiger partial charge in [-0.05, 0) is 5.56 Å². The van der Waals surface area contributed by atoms with Crippen LogP contribution in [-0.4, -0.2) is 26.8 Å². The zero-order valence-electron chi connectivity index (χ0n) is 10.7. The van der Waals surface area contributed by atoms with Crippen molar-refractivity contribution in [2.24, 2.45) is 0 Å². The second-order valence-electron chi connectivity index (χ2n) is 4.25. The second-order valence-corrected chi connectivity index (χ2v) is 6.07.